The van der Waals surface area contributed by atoms with Crippen LogP contribution in [0.1, 0.15) is 54.8 Å². The molecular formula is C29H29ClN6O2. The molecule has 2 N–H and O–H groups in total. The van der Waals surface area contributed by atoms with Gasteiger partial charge in [-0.15, -0.1) is 0 Å². The van der Waals surface area contributed by atoms with Gasteiger partial charge in [0.15, 0.2) is 5.65 Å². The predicted molar refractivity (Wildman–Crippen MR) is 149 cm³/mol. The van der Waals surface area contributed by atoms with Gasteiger partial charge in [-0.2, -0.15) is 0 Å². The Hall–Kier alpha value is -3.91. The van der Waals surface area contributed by atoms with E-state index in [1.807, 2.05) is 47.0 Å². The lowest BCUT2D eigenvalue weighted by Crippen LogP contribution is -2.23. The summed E-state index contributed by atoms with van der Waals surface area (Å²) in [5.41, 5.74) is 5.58. The Balaban J connectivity index is 1.13. The predicted octanol–water partition coefficient (Wildman–Crippen LogP) is 5.60. The van der Waals surface area contributed by atoms with Crippen molar-refractivity contribution in [2.24, 2.45) is 5.92 Å². The number of amides is 2. The number of carbonyl (C=O) groups excluding carboxylic acids is 2. The van der Waals surface area contributed by atoms with Gasteiger partial charge in [-0.25, -0.2) is 9.97 Å². The van der Waals surface area contributed by atoms with Crippen LogP contribution >= 0.6 is 11.6 Å². The Morgan fingerprint density at radius 1 is 1.13 bits per heavy atom. The standard InChI is InChI=1S/C29H29ClN6O2/c1-17(37)35(2)26-11-20(18-6-7-18)15-36-16-23(33-28(26)36)14-32-22-8-9-31-27(12-22)34-29(38)25-13-24(25)19-4-3-5-21(30)10-19/h3-5,8-12,15-16,18,24-25H,6-7,13-14H2,1-2H3,(H2,31,32,34,38)/t24-,25+/m1/s1. The first kappa shape index (κ1) is 24.4. The van der Waals surface area contributed by atoms with Crippen molar-refractivity contribution in [2.75, 3.05) is 22.6 Å². The minimum absolute atomic E-state index is 0.0287. The Morgan fingerprint density at radius 3 is 2.74 bits per heavy atom. The van der Waals surface area contributed by atoms with Gasteiger partial charge in [-0.1, -0.05) is 23.7 Å². The van der Waals surface area contributed by atoms with Crippen LogP contribution in [0.15, 0.2) is 61.1 Å². The van der Waals surface area contributed by atoms with Gasteiger partial charge in [0, 0.05) is 55.3 Å². The number of hydrogen-bond donors (Lipinski definition) is 2. The number of imidazole rings is 1. The van der Waals surface area contributed by atoms with Crippen molar-refractivity contribution in [3.63, 3.8) is 0 Å². The van der Waals surface area contributed by atoms with E-state index in [0.29, 0.717) is 23.3 Å². The van der Waals surface area contributed by atoms with Crippen LogP contribution in [0.3, 0.4) is 0 Å². The zero-order valence-electron chi connectivity index (χ0n) is 21.3. The van der Waals surface area contributed by atoms with Crippen LogP contribution in [0.2, 0.25) is 5.02 Å². The van der Waals surface area contributed by atoms with Gasteiger partial charge in [-0.3, -0.25) is 9.59 Å². The normalized spacial score (nSPS) is 18.3. The molecule has 9 heteroatoms. The van der Waals surface area contributed by atoms with E-state index in [0.717, 1.165) is 34.7 Å². The topological polar surface area (TPSA) is 91.6 Å². The molecule has 0 radical (unpaired) electrons. The fourth-order valence-corrected chi connectivity index (χ4v) is 5.10. The van der Waals surface area contributed by atoms with Crippen LogP contribution in [0.25, 0.3) is 5.65 Å². The third-order valence-corrected chi connectivity index (χ3v) is 7.61. The van der Waals surface area contributed by atoms with E-state index in [9.17, 15) is 9.59 Å². The second-order valence-electron chi connectivity index (χ2n) is 10.3. The summed E-state index contributed by atoms with van der Waals surface area (Å²) < 4.78 is 2.02. The Morgan fingerprint density at radius 2 is 1.97 bits per heavy atom. The zero-order valence-corrected chi connectivity index (χ0v) is 22.1. The number of hydrogen-bond acceptors (Lipinski definition) is 5. The lowest BCUT2D eigenvalue weighted by Gasteiger charge is -2.17. The molecule has 0 unspecified atom stereocenters. The zero-order chi connectivity index (χ0) is 26.4. The van der Waals surface area contributed by atoms with E-state index < -0.39 is 0 Å². The minimum Gasteiger partial charge on any atom is -0.379 e. The van der Waals surface area contributed by atoms with Gasteiger partial charge in [0.05, 0.1) is 17.9 Å². The highest BCUT2D eigenvalue weighted by molar-refractivity contribution is 6.30. The van der Waals surface area contributed by atoms with Gasteiger partial charge < -0.3 is 19.9 Å². The van der Waals surface area contributed by atoms with Crippen molar-refractivity contribution in [1.29, 1.82) is 0 Å². The third-order valence-electron chi connectivity index (χ3n) is 7.37. The maximum atomic E-state index is 12.8. The van der Waals surface area contributed by atoms with Crippen molar-refractivity contribution in [3.8, 4) is 0 Å². The SMILES string of the molecule is CC(=O)N(C)c1cc(C2CC2)cn2cc(CNc3ccnc(NC(=O)[C@H]4C[C@@H]4c4cccc(Cl)c4)c3)nc12. The maximum absolute atomic E-state index is 12.8. The van der Waals surface area contributed by atoms with E-state index in [1.165, 1.54) is 18.4 Å². The van der Waals surface area contributed by atoms with Crippen molar-refractivity contribution < 1.29 is 9.59 Å². The highest BCUT2D eigenvalue weighted by Crippen LogP contribution is 2.48. The van der Waals surface area contributed by atoms with Gasteiger partial charge in [-0.05, 0) is 66.5 Å². The number of anilines is 3. The molecular weight excluding hydrogens is 500 g/mol. The van der Waals surface area contributed by atoms with E-state index in [-0.39, 0.29) is 23.7 Å². The molecule has 6 rings (SSSR count). The number of nitrogens with one attached hydrogen (secondary N) is 2. The van der Waals surface area contributed by atoms with Gasteiger partial charge in [0.1, 0.15) is 5.82 Å². The first-order valence-corrected chi connectivity index (χ1v) is 13.3. The number of pyridine rings is 2. The average molecular weight is 529 g/mol. The number of halogens is 1. The van der Waals surface area contributed by atoms with E-state index >= 15 is 0 Å². The van der Waals surface area contributed by atoms with Crippen LogP contribution in [0.5, 0.6) is 0 Å². The highest BCUT2D eigenvalue weighted by atomic mass is 35.5. The Kier molecular flexibility index (Phi) is 6.27. The summed E-state index contributed by atoms with van der Waals surface area (Å²) in [7, 11) is 1.78. The lowest BCUT2D eigenvalue weighted by atomic mass is 10.1. The first-order valence-electron chi connectivity index (χ1n) is 12.9. The molecule has 2 aliphatic rings. The number of fused-ring (bicyclic) bond motifs is 1. The molecule has 2 amide bonds. The summed E-state index contributed by atoms with van der Waals surface area (Å²) in [5.74, 6) is 1.12. The van der Waals surface area contributed by atoms with Crippen LogP contribution < -0.4 is 15.5 Å². The second-order valence-corrected chi connectivity index (χ2v) is 10.7. The van der Waals surface area contributed by atoms with E-state index in [4.69, 9.17) is 16.6 Å². The summed E-state index contributed by atoms with van der Waals surface area (Å²) in [4.78, 5) is 35.7. The van der Waals surface area contributed by atoms with Crippen LogP contribution in [0.4, 0.5) is 17.2 Å². The lowest BCUT2D eigenvalue weighted by molar-refractivity contribution is -0.117. The van der Waals surface area contributed by atoms with Crippen molar-refractivity contribution >= 4 is 46.3 Å². The molecule has 2 saturated carbocycles. The van der Waals surface area contributed by atoms with Crippen LogP contribution in [-0.2, 0) is 16.1 Å². The highest BCUT2D eigenvalue weighted by Gasteiger charge is 2.44. The summed E-state index contributed by atoms with van der Waals surface area (Å²) in [5, 5.41) is 7.02. The number of aromatic nitrogens is 3. The smallest absolute Gasteiger partial charge is 0.229 e. The summed E-state index contributed by atoms with van der Waals surface area (Å²) in [6.07, 6.45) is 8.96. The molecule has 38 heavy (non-hydrogen) atoms. The largest absolute Gasteiger partial charge is 0.379 e. The van der Waals surface area contributed by atoms with Gasteiger partial charge in [0.25, 0.3) is 0 Å². The number of rotatable bonds is 8. The molecule has 2 fully saturated rings. The van der Waals surface area contributed by atoms with E-state index in [2.05, 4.69) is 27.9 Å². The molecule has 3 heterocycles. The van der Waals surface area contributed by atoms with Crippen LogP contribution in [-0.4, -0.2) is 33.2 Å². The molecule has 2 atom stereocenters. The molecule has 0 aliphatic heterocycles. The molecule has 1 aromatic carbocycles. The molecule has 0 bridgehead atoms. The molecule has 2 aliphatic carbocycles. The first-order chi connectivity index (χ1) is 18.4. The van der Waals surface area contributed by atoms with Gasteiger partial charge >= 0.3 is 0 Å². The van der Waals surface area contributed by atoms with Crippen molar-refractivity contribution in [3.05, 3.63) is 82.9 Å². The van der Waals surface area contributed by atoms with Gasteiger partial charge in [0.2, 0.25) is 11.8 Å². The molecule has 194 valence electrons. The summed E-state index contributed by atoms with van der Waals surface area (Å²) >= 11 is 6.10. The molecule has 3 aromatic heterocycles. The fourth-order valence-electron chi connectivity index (χ4n) is 4.90. The molecule has 4 aromatic rings. The third kappa shape index (κ3) is 5.09. The molecule has 8 nitrogen and oxygen atoms in total. The van der Waals surface area contributed by atoms with Crippen molar-refractivity contribution in [2.45, 2.75) is 44.6 Å². The monoisotopic (exact) mass is 528 g/mol. The van der Waals surface area contributed by atoms with Crippen molar-refractivity contribution in [1.82, 2.24) is 14.4 Å². The molecule has 0 saturated heterocycles. The maximum Gasteiger partial charge on any atom is 0.229 e. The quantitative estimate of drug-likeness (QED) is 0.311. The fraction of sp³-hybridized carbons (Fsp3) is 0.310. The number of carbonyl (C=O) groups is 2. The second kappa shape index (κ2) is 9.76. The minimum atomic E-state index is -0.0762. The Labute approximate surface area is 226 Å². The Bertz CT molecular complexity index is 1550. The number of nitrogens with zero attached hydrogens (tertiary/aromatic N) is 4. The average Bonchev–Trinajstić information content (AvgIpc) is 3.83. The summed E-state index contributed by atoms with van der Waals surface area (Å²) in [6.45, 7) is 2.05. The number of benzene rings is 1. The summed E-state index contributed by atoms with van der Waals surface area (Å²) in [6, 6.07) is 13.5. The molecule has 0 spiro atoms. The van der Waals surface area contributed by atoms with E-state index in [1.54, 1.807) is 25.1 Å². The van der Waals surface area contributed by atoms with Crippen LogP contribution in [0, 0.1) is 5.92 Å².